The Morgan fingerprint density at radius 3 is 2.50 bits per heavy atom. The zero-order valence-electron chi connectivity index (χ0n) is 11.4. The lowest BCUT2D eigenvalue weighted by Gasteiger charge is -2.08. The SMILES string of the molecule is CCCCC1=CC(OCC)C=C1c1ccccc1. The second-order valence-corrected chi connectivity index (χ2v) is 4.66. The quantitative estimate of drug-likeness (QED) is 0.708. The molecule has 0 N–H and O–H groups in total. The fourth-order valence-corrected chi connectivity index (χ4v) is 2.38. The van der Waals surface area contributed by atoms with Crippen molar-refractivity contribution in [2.75, 3.05) is 6.61 Å². The van der Waals surface area contributed by atoms with Gasteiger partial charge in [-0.15, -0.1) is 0 Å². The Kier molecular flexibility index (Phi) is 4.77. The van der Waals surface area contributed by atoms with Gasteiger partial charge >= 0.3 is 0 Å². The smallest absolute Gasteiger partial charge is 0.0952 e. The Hall–Kier alpha value is -1.34. The number of allylic oxidation sites excluding steroid dienone is 2. The zero-order valence-corrected chi connectivity index (χ0v) is 11.4. The Labute approximate surface area is 110 Å². The number of rotatable bonds is 6. The molecule has 1 aliphatic carbocycles. The molecule has 1 nitrogen and oxygen atoms in total. The molecule has 96 valence electrons. The molecule has 0 amide bonds. The molecule has 1 unspecified atom stereocenters. The molecule has 0 radical (unpaired) electrons. The van der Waals surface area contributed by atoms with Crippen molar-refractivity contribution in [2.24, 2.45) is 0 Å². The van der Waals surface area contributed by atoms with Crippen molar-refractivity contribution in [3.05, 3.63) is 53.6 Å². The molecule has 0 aromatic heterocycles. The van der Waals surface area contributed by atoms with Crippen LogP contribution in [-0.4, -0.2) is 12.7 Å². The summed E-state index contributed by atoms with van der Waals surface area (Å²) in [6, 6.07) is 10.6. The largest absolute Gasteiger partial charge is 0.370 e. The molecule has 0 aliphatic heterocycles. The lowest BCUT2D eigenvalue weighted by Crippen LogP contribution is -2.03. The third-order valence-corrected chi connectivity index (χ3v) is 3.29. The van der Waals surface area contributed by atoms with E-state index >= 15 is 0 Å². The molecule has 0 saturated carbocycles. The molecule has 0 bridgehead atoms. The fourth-order valence-electron chi connectivity index (χ4n) is 2.38. The Morgan fingerprint density at radius 1 is 1.06 bits per heavy atom. The average molecular weight is 242 g/mol. The summed E-state index contributed by atoms with van der Waals surface area (Å²) in [6.45, 7) is 5.05. The molecule has 1 aliphatic rings. The van der Waals surface area contributed by atoms with Gasteiger partial charge in [-0.3, -0.25) is 0 Å². The van der Waals surface area contributed by atoms with Gasteiger partial charge in [-0.2, -0.15) is 0 Å². The predicted molar refractivity (Wildman–Crippen MR) is 77.4 cm³/mol. The molecule has 0 saturated heterocycles. The molecule has 18 heavy (non-hydrogen) atoms. The van der Waals surface area contributed by atoms with E-state index in [0.29, 0.717) is 0 Å². The molecule has 0 spiro atoms. The van der Waals surface area contributed by atoms with Gasteiger partial charge in [-0.05, 0) is 48.6 Å². The van der Waals surface area contributed by atoms with Crippen LogP contribution < -0.4 is 0 Å². The maximum absolute atomic E-state index is 5.71. The van der Waals surface area contributed by atoms with E-state index < -0.39 is 0 Å². The average Bonchev–Trinajstić information content (AvgIpc) is 2.81. The third-order valence-electron chi connectivity index (χ3n) is 3.29. The molecule has 1 atom stereocenters. The van der Waals surface area contributed by atoms with Crippen LogP contribution in [0.5, 0.6) is 0 Å². The van der Waals surface area contributed by atoms with Crippen LogP contribution in [0.3, 0.4) is 0 Å². The Balaban J connectivity index is 2.20. The highest BCUT2D eigenvalue weighted by atomic mass is 16.5. The fraction of sp³-hybridized carbons (Fsp3) is 0.412. The highest BCUT2D eigenvalue weighted by Gasteiger charge is 2.18. The second-order valence-electron chi connectivity index (χ2n) is 4.66. The Morgan fingerprint density at radius 2 is 1.83 bits per heavy atom. The minimum absolute atomic E-state index is 0.164. The van der Waals surface area contributed by atoms with Gasteiger partial charge in [0.15, 0.2) is 0 Å². The molecular formula is C17H22O. The second kappa shape index (κ2) is 6.55. The van der Waals surface area contributed by atoms with Crippen molar-refractivity contribution in [2.45, 2.75) is 39.2 Å². The van der Waals surface area contributed by atoms with Crippen molar-refractivity contribution in [3.63, 3.8) is 0 Å². The maximum Gasteiger partial charge on any atom is 0.0952 e. The van der Waals surface area contributed by atoms with Crippen LogP contribution in [0.2, 0.25) is 0 Å². The first-order valence-electron chi connectivity index (χ1n) is 6.95. The summed E-state index contributed by atoms with van der Waals surface area (Å²) in [7, 11) is 0. The standard InChI is InChI=1S/C17H22O/c1-3-5-9-15-12-16(18-4-2)13-17(15)14-10-7-6-8-11-14/h6-8,10-13,16H,3-5,9H2,1-2H3. The molecule has 1 aromatic rings. The molecule has 1 heteroatoms. The Bertz CT molecular complexity index is 428. The minimum atomic E-state index is 0.164. The van der Waals surface area contributed by atoms with E-state index in [4.69, 9.17) is 4.74 Å². The van der Waals surface area contributed by atoms with Gasteiger partial charge in [0.2, 0.25) is 0 Å². The molecule has 0 fully saturated rings. The van der Waals surface area contributed by atoms with Crippen LogP contribution in [0.4, 0.5) is 0 Å². The highest BCUT2D eigenvalue weighted by molar-refractivity contribution is 5.82. The minimum Gasteiger partial charge on any atom is -0.370 e. The number of unbranched alkanes of at least 4 members (excludes halogenated alkanes) is 1. The van der Waals surface area contributed by atoms with E-state index in [9.17, 15) is 0 Å². The summed E-state index contributed by atoms with van der Waals surface area (Å²) in [5, 5.41) is 0. The summed E-state index contributed by atoms with van der Waals surface area (Å²) < 4.78 is 5.71. The van der Waals surface area contributed by atoms with Crippen molar-refractivity contribution >= 4 is 5.57 Å². The third kappa shape index (κ3) is 3.11. The number of benzene rings is 1. The van der Waals surface area contributed by atoms with Gasteiger partial charge < -0.3 is 4.74 Å². The van der Waals surface area contributed by atoms with Gasteiger partial charge in [0.1, 0.15) is 0 Å². The van der Waals surface area contributed by atoms with Crippen LogP contribution in [0, 0.1) is 0 Å². The topological polar surface area (TPSA) is 9.23 Å². The van der Waals surface area contributed by atoms with E-state index in [1.165, 1.54) is 29.6 Å². The van der Waals surface area contributed by atoms with E-state index in [0.717, 1.165) is 13.0 Å². The van der Waals surface area contributed by atoms with Crippen LogP contribution in [-0.2, 0) is 4.74 Å². The highest BCUT2D eigenvalue weighted by Crippen LogP contribution is 2.33. The molecule has 0 heterocycles. The first-order valence-corrected chi connectivity index (χ1v) is 6.95. The molecular weight excluding hydrogens is 220 g/mol. The number of hydrogen-bond acceptors (Lipinski definition) is 1. The van der Waals surface area contributed by atoms with Crippen molar-refractivity contribution in [3.8, 4) is 0 Å². The van der Waals surface area contributed by atoms with Gasteiger partial charge in [0.25, 0.3) is 0 Å². The van der Waals surface area contributed by atoms with E-state index in [-0.39, 0.29) is 6.10 Å². The van der Waals surface area contributed by atoms with Crippen molar-refractivity contribution in [1.82, 2.24) is 0 Å². The van der Waals surface area contributed by atoms with Crippen LogP contribution in [0.25, 0.3) is 5.57 Å². The van der Waals surface area contributed by atoms with E-state index in [1.807, 2.05) is 6.92 Å². The van der Waals surface area contributed by atoms with Crippen LogP contribution >= 0.6 is 0 Å². The van der Waals surface area contributed by atoms with Gasteiger partial charge in [0.05, 0.1) is 6.10 Å². The van der Waals surface area contributed by atoms with Gasteiger partial charge in [-0.1, -0.05) is 43.7 Å². The normalized spacial score (nSPS) is 18.7. The summed E-state index contributed by atoms with van der Waals surface area (Å²) >= 11 is 0. The van der Waals surface area contributed by atoms with Crippen LogP contribution in [0.15, 0.2) is 48.1 Å². The van der Waals surface area contributed by atoms with Gasteiger partial charge in [-0.25, -0.2) is 0 Å². The van der Waals surface area contributed by atoms with Gasteiger partial charge in [0, 0.05) is 6.61 Å². The summed E-state index contributed by atoms with van der Waals surface area (Å²) in [5.41, 5.74) is 4.12. The monoisotopic (exact) mass is 242 g/mol. The summed E-state index contributed by atoms with van der Waals surface area (Å²) in [5.74, 6) is 0. The molecule has 1 aromatic carbocycles. The van der Waals surface area contributed by atoms with E-state index in [2.05, 4.69) is 49.4 Å². The summed E-state index contributed by atoms with van der Waals surface area (Å²) in [4.78, 5) is 0. The van der Waals surface area contributed by atoms with Crippen molar-refractivity contribution in [1.29, 1.82) is 0 Å². The summed E-state index contributed by atoms with van der Waals surface area (Å²) in [6.07, 6.45) is 8.33. The lowest BCUT2D eigenvalue weighted by molar-refractivity contribution is 0.129. The first-order chi connectivity index (χ1) is 8.85. The predicted octanol–water partition coefficient (Wildman–Crippen LogP) is 4.61. The van der Waals surface area contributed by atoms with E-state index in [1.54, 1.807) is 0 Å². The number of ether oxygens (including phenoxy) is 1. The number of hydrogen-bond donors (Lipinski definition) is 0. The molecule has 2 rings (SSSR count). The maximum atomic E-state index is 5.71. The van der Waals surface area contributed by atoms with Crippen LogP contribution in [0.1, 0.15) is 38.7 Å². The zero-order chi connectivity index (χ0) is 12.8. The first kappa shape index (κ1) is 13.1. The van der Waals surface area contributed by atoms with Crippen molar-refractivity contribution < 1.29 is 4.74 Å². The lowest BCUT2D eigenvalue weighted by atomic mass is 9.97.